The molecule has 2 aliphatic rings. The van der Waals surface area contributed by atoms with Crippen molar-refractivity contribution in [1.82, 2.24) is 0 Å². The zero-order valence-electron chi connectivity index (χ0n) is 14.5. The lowest BCUT2D eigenvalue weighted by Crippen LogP contribution is -2.35. The Hall–Kier alpha value is 0.0300. The summed E-state index contributed by atoms with van der Waals surface area (Å²) in [5.74, 6) is 3.12. The van der Waals surface area contributed by atoms with Crippen molar-refractivity contribution in [2.75, 3.05) is 0 Å². The minimum absolute atomic E-state index is 0. The first-order chi connectivity index (χ1) is 9.18. The molecule has 2 rings (SSSR count). The van der Waals surface area contributed by atoms with Gasteiger partial charge in [-0.15, -0.1) is 50.0 Å². The number of hydrogen-bond acceptors (Lipinski definition) is 0. The lowest BCUT2D eigenvalue weighted by atomic mass is 9.61. The van der Waals surface area contributed by atoms with Crippen LogP contribution in [0.25, 0.3) is 0 Å². The Kier molecular flexibility index (Phi) is 17.5. The summed E-state index contributed by atoms with van der Waals surface area (Å²) in [6.07, 6.45) is 17.0. The molecule has 20 heavy (non-hydrogen) atoms. The van der Waals surface area contributed by atoms with Gasteiger partial charge >= 0.3 is 0 Å². The third kappa shape index (κ3) is 5.80. The van der Waals surface area contributed by atoms with Crippen molar-refractivity contribution in [3.05, 3.63) is 13.2 Å². The lowest BCUT2D eigenvalue weighted by molar-refractivity contribution is 0.0558. The van der Waals surface area contributed by atoms with Crippen molar-refractivity contribution in [3.63, 3.8) is 0 Å². The smallest absolute Gasteiger partial charge is 0 e. The molecule has 0 heterocycles. The predicted octanol–water partition coefficient (Wildman–Crippen LogP) is 7.19. The Morgan fingerprint density at radius 3 is 2.10 bits per heavy atom. The van der Waals surface area contributed by atoms with E-state index in [1.807, 2.05) is 13.8 Å². The summed E-state index contributed by atoms with van der Waals surface area (Å²) in [4.78, 5) is 0. The molecule has 0 amide bonds. The predicted molar refractivity (Wildman–Crippen MR) is 108 cm³/mol. The van der Waals surface area contributed by atoms with Crippen LogP contribution in [0.5, 0.6) is 0 Å². The average molecular weight is 394 g/mol. The Labute approximate surface area is 147 Å². The molecule has 122 valence electrons. The molecule has 0 bridgehead atoms. The van der Waals surface area contributed by atoms with Gasteiger partial charge in [0.2, 0.25) is 0 Å². The topological polar surface area (TPSA) is 0 Å². The molecule has 2 saturated carbocycles. The van der Waals surface area contributed by atoms with Gasteiger partial charge in [-0.2, -0.15) is 0 Å². The maximum atomic E-state index is 4.00. The van der Waals surface area contributed by atoms with E-state index in [2.05, 4.69) is 46.8 Å². The largest absolute Gasteiger partial charge is 0.124 e. The molecule has 0 spiro atoms. The molecule has 2 fully saturated rings. The summed E-state index contributed by atoms with van der Waals surface area (Å²) in [7, 11) is 0. The fraction of sp³-hybridized carbons (Fsp3) is 0.789. The summed E-state index contributed by atoms with van der Waals surface area (Å²) in [5.41, 5.74) is 0.721. The van der Waals surface area contributed by atoms with E-state index in [1.165, 1.54) is 38.5 Å². The molecule has 0 aromatic carbocycles. The molecule has 0 aromatic heterocycles. The highest BCUT2D eigenvalue weighted by Crippen LogP contribution is 2.57. The second-order valence-corrected chi connectivity index (χ2v) is 5.65. The molecule has 0 radical (unpaired) electrons. The van der Waals surface area contributed by atoms with Gasteiger partial charge in [0, 0.05) is 1.43 Å². The quantitative estimate of drug-likeness (QED) is 0.251. The fourth-order valence-electron chi connectivity index (χ4n) is 4.10. The van der Waals surface area contributed by atoms with Crippen LogP contribution < -0.4 is 0 Å². The first-order valence-electron chi connectivity index (χ1n) is 8.02. The maximum Gasteiger partial charge on any atom is 0 e. The van der Waals surface area contributed by atoms with E-state index in [1.54, 1.807) is 0 Å². The molecule has 0 aliphatic heterocycles. The maximum absolute atomic E-state index is 4.00. The Bertz CT molecular complexity index is 239. The second-order valence-electron chi connectivity index (χ2n) is 5.65. The second kappa shape index (κ2) is 14.0. The van der Waals surface area contributed by atoms with Crippen LogP contribution in [0.4, 0.5) is 0 Å². The van der Waals surface area contributed by atoms with E-state index >= 15 is 0 Å². The standard InChI is InChI=1S/C13H24.C2H6.C2H4.C2H2.HI.H2/c1-4-11-6-5-9-13(3)10(2)7-8-12(11)13;3*1-2;;/h10-12H,4-9H2,1-3H3;1-2H3;1-2H2;1-2H;2*1H. The van der Waals surface area contributed by atoms with Crippen LogP contribution in [0, 0.1) is 36.0 Å². The summed E-state index contributed by atoms with van der Waals surface area (Å²) < 4.78 is 0. The first-order valence-corrected chi connectivity index (χ1v) is 8.02. The van der Waals surface area contributed by atoms with Crippen molar-refractivity contribution in [1.29, 1.82) is 0 Å². The van der Waals surface area contributed by atoms with E-state index in [9.17, 15) is 0 Å². The Balaban J connectivity index is -0.000000162. The average Bonchev–Trinajstić information content (AvgIpc) is 2.81. The molecule has 0 nitrogen and oxygen atoms in total. The van der Waals surface area contributed by atoms with Gasteiger partial charge in [-0.05, 0) is 42.4 Å². The third-order valence-electron chi connectivity index (χ3n) is 5.27. The van der Waals surface area contributed by atoms with Crippen LogP contribution in [0.1, 0.15) is 74.6 Å². The summed E-state index contributed by atoms with van der Waals surface area (Å²) in [6.45, 7) is 17.4. The summed E-state index contributed by atoms with van der Waals surface area (Å²) in [6, 6.07) is 0. The molecule has 0 N–H and O–H groups in total. The zero-order valence-corrected chi connectivity index (χ0v) is 16.8. The minimum atomic E-state index is 0. The molecular weight excluding hydrogens is 355 g/mol. The zero-order chi connectivity index (χ0) is 15.5. The highest BCUT2D eigenvalue weighted by atomic mass is 127. The van der Waals surface area contributed by atoms with Crippen molar-refractivity contribution in [2.45, 2.75) is 73.1 Å². The van der Waals surface area contributed by atoms with Crippen molar-refractivity contribution in [2.24, 2.45) is 23.2 Å². The van der Waals surface area contributed by atoms with Crippen molar-refractivity contribution in [3.8, 4) is 12.8 Å². The van der Waals surface area contributed by atoms with Gasteiger partial charge < -0.3 is 0 Å². The van der Waals surface area contributed by atoms with Crippen LogP contribution in [0.15, 0.2) is 13.2 Å². The molecule has 4 unspecified atom stereocenters. The van der Waals surface area contributed by atoms with Gasteiger partial charge in [0.15, 0.2) is 0 Å². The molecule has 1 heteroatoms. The van der Waals surface area contributed by atoms with E-state index < -0.39 is 0 Å². The van der Waals surface area contributed by atoms with Gasteiger partial charge in [0.25, 0.3) is 0 Å². The number of terminal acetylenes is 1. The van der Waals surface area contributed by atoms with E-state index in [0.29, 0.717) is 0 Å². The van der Waals surface area contributed by atoms with E-state index in [4.69, 9.17) is 0 Å². The van der Waals surface area contributed by atoms with Crippen LogP contribution in [0.3, 0.4) is 0 Å². The molecule has 4 atom stereocenters. The minimum Gasteiger partial charge on any atom is -0.124 e. The SMILES string of the molecule is C#C.C=C.CC.CCC1CCCC2(C)C(C)CCC12.I.[HH]. The van der Waals surface area contributed by atoms with E-state index in [0.717, 1.165) is 23.2 Å². The van der Waals surface area contributed by atoms with Gasteiger partial charge in [-0.25, -0.2) is 0 Å². The van der Waals surface area contributed by atoms with E-state index in [-0.39, 0.29) is 25.4 Å². The number of hydrogen-bond donors (Lipinski definition) is 0. The van der Waals surface area contributed by atoms with Gasteiger partial charge in [-0.1, -0.05) is 53.9 Å². The van der Waals surface area contributed by atoms with Crippen LogP contribution >= 0.6 is 24.0 Å². The van der Waals surface area contributed by atoms with Crippen LogP contribution in [-0.4, -0.2) is 0 Å². The summed E-state index contributed by atoms with van der Waals surface area (Å²) in [5, 5.41) is 0. The van der Waals surface area contributed by atoms with Gasteiger partial charge in [0.1, 0.15) is 0 Å². The highest BCUT2D eigenvalue weighted by Gasteiger charge is 2.48. The van der Waals surface area contributed by atoms with Crippen molar-refractivity contribution < 1.29 is 1.43 Å². The monoisotopic (exact) mass is 394 g/mol. The molecule has 2 aliphatic carbocycles. The third-order valence-corrected chi connectivity index (χ3v) is 5.27. The highest BCUT2D eigenvalue weighted by molar-refractivity contribution is 14.0. The fourth-order valence-corrected chi connectivity index (χ4v) is 4.10. The number of rotatable bonds is 1. The number of fused-ring (bicyclic) bond motifs is 1. The first kappa shape index (κ1) is 25.0. The molecule has 0 aromatic rings. The van der Waals surface area contributed by atoms with Crippen molar-refractivity contribution >= 4 is 24.0 Å². The molecule has 0 saturated heterocycles. The number of halogens is 1. The summed E-state index contributed by atoms with van der Waals surface area (Å²) >= 11 is 0. The van der Waals surface area contributed by atoms with Crippen LogP contribution in [0.2, 0.25) is 0 Å². The lowest BCUT2D eigenvalue weighted by Gasteiger charge is -2.44. The Morgan fingerprint density at radius 1 is 1.15 bits per heavy atom. The van der Waals surface area contributed by atoms with Crippen LogP contribution in [-0.2, 0) is 0 Å². The van der Waals surface area contributed by atoms with Gasteiger partial charge in [0.05, 0.1) is 0 Å². The Morgan fingerprint density at radius 2 is 1.65 bits per heavy atom. The van der Waals surface area contributed by atoms with Gasteiger partial charge in [-0.3, -0.25) is 0 Å². The molecular formula is C19H39I. The normalized spacial score (nSPS) is 33.5.